The van der Waals surface area contributed by atoms with E-state index in [2.05, 4.69) is 13.0 Å². The molecule has 0 spiro atoms. The Morgan fingerprint density at radius 1 is 1.00 bits per heavy atom. The molecule has 31 heavy (non-hydrogen) atoms. The fourth-order valence-corrected chi connectivity index (χ4v) is 4.86. The van der Waals surface area contributed by atoms with Crippen LogP contribution in [0.2, 0.25) is 0 Å². The molecule has 0 radical (unpaired) electrons. The summed E-state index contributed by atoms with van der Waals surface area (Å²) < 4.78 is 1.88. The quantitative estimate of drug-likeness (QED) is 0.479. The number of amides is 1. The molecule has 0 saturated carbocycles. The molecule has 1 unspecified atom stereocenters. The lowest BCUT2D eigenvalue weighted by molar-refractivity contribution is -0.134. The largest absolute Gasteiger partial charge is 0.346 e. The molecule has 1 amide bonds. The molecule has 0 saturated heterocycles. The first-order valence-corrected chi connectivity index (χ1v) is 11.6. The van der Waals surface area contributed by atoms with E-state index in [0.29, 0.717) is 12.0 Å². The van der Waals surface area contributed by atoms with Gasteiger partial charge in [-0.1, -0.05) is 62.6 Å². The highest BCUT2D eigenvalue weighted by atomic mass is 16.2. The summed E-state index contributed by atoms with van der Waals surface area (Å²) in [5.41, 5.74) is 3.88. The number of hydrogen-bond donors (Lipinski definition) is 0. The lowest BCUT2D eigenvalue weighted by atomic mass is 9.85. The minimum absolute atomic E-state index is 0.00485. The average Bonchev–Trinajstić information content (AvgIpc) is 3.15. The van der Waals surface area contributed by atoms with Gasteiger partial charge in [-0.15, -0.1) is 0 Å². The van der Waals surface area contributed by atoms with Gasteiger partial charge in [0, 0.05) is 36.2 Å². The van der Waals surface area contributed by atoms with Gasteiger partial charge in [0.25, 0.3) is 5.91 Å². The minimum Gasteiger partial charge on any atom is -0.346 e. The van der Waals surface area contributed by atoms with E-state index < -0.39 is 0 Å². The van der Waals surface area contributed by atoms with E-state index in [0.717, 1.165) is 42.4 Å². The Kier molecular flexibility index (Phi) is 6.55. The number of carbonyl (C=O) groups excluding carboxylic acids is 2. The predicted molar refractivity (Wildman–Crippen MR) is 125 cm³/mol. The van der Waals surface area contributed by atoms with Crippen LogP contribution in [0, 0.1) is 5.92 Å². The Hall–Kier alpha value is -2.88. The third-order valence-corrected chi connectivity index (χ3v) is 6.56. The summed E-state index contributed by atoms with van der Waals surface area (Å²) in [7, 11) is 1.94. The van der Waals surface area contributed by atoms with Crippen molar-refractivity contribution in [3.8, 4) is 0 Å². The Morgan fingerprint density at radius 2 is 1.74 bits per heavy atom. The molecule has 4 heteroatoms. The third kappa shape index (κ3) is 4.30. The van der Waals surface area contributed by atoms with Crippen molar-refractivity contribution in [2.45, 2.75) is 51.9 Å². The molecule has 1 aliphatic carbocycles. The smallest absolute Gasteiger partial charge is 0.262 e. The number of benzene rings is 2. The van der Waals surface area contributed by atoms with Crippen molar-refractivity contribution in [2.24, 2.45) is 5.92 Å². The summed E-state index contributed by atoms with van der Waals surface area (Å²) in [5.74, 6) is 0.249. The van der Waals surface area contributed by atoms with Crippen LogP contribution in [0.15, 0.2) is 54.6 Å². The van der Waals surface area contributed by atoms with Crippen molar-refractivity contribution in [3.63, 3.8) is 0 Å². The maximum atomic E-state index is 13.4. The number of aromatic nitrogens is 1. The summed E-state index contributed by atoms with van der Waals surface area (Å²) >= 11 is 0. The van der Waals surface area contributed by atoms with Gasteiger partial charge in [-0.25, -0.2) is 0 Å². The van der Waals surface area contributed by atoms with Gasteiger partial charge in [0.1, 0.15) is 0 Å². The molecule has 0 aliphatic heterocycles. The van der Waals surface area contributed by atoms with Crippen LogP contribution in [0.1, 0.15) is 60.6 Å². The molecule has 1 aliphatic rings. The maximum absolute atomic E-state index is 13.4. The molecule has 0 bridgehead atoms. The average molecular weight is 417 g/mol. The van der Waals surface area contributed by atoms with Crippen LogP contribution in [0.4, 0.5) is 0 Å². The summed E-state index contributed by atoms with van der Waals surface area (Å²) in [5, 5.41) is 1.10. The van der Waals surface area contributed by atoms with Gasteiger partial charge < -0.3 is 4.90 Å². The van der Waals surface area contributed by atoms with Crippen molar-refractivity contribution < 1.29 is 9.59 Å². The van der Waals surface area contributed by atoms with Crippen LogP contribution in [-0.4, -0.2) is 34.9 Å². The molecular weight excluding hydrogens is 384 g/mol. The first-order valence-electron chi connectivity index (χ1n) is 11.6. The molecule has 0 fully saturated rings. The Morgan fingerprint density at radius 3 is 2.52 bits per heavy atom. The van der Waals surface area contributed by atoms with Crippen LogP contribution in [-0.2, 0) is 17.6 Å². The first-order chi connectivity index (χ1) is 15.1. The number of unbranched alkanes of at least 4 members (excludes halogenated alkanes) is 3. The van der Waals surface area contributed by atoms with Crippen LogP contribution in [0.5, 0.6) is 0 Å². The predicted octanol–water partition coefficient (Wildman–Crippen LogP) is 5.47. The Balaban J connectivity index is 1.60. The second kappa shape index (κ2) is 9.51. The highest BCUT2D eigenvalue weighted by Gasteiger charge is 2.32. The summed E-state index contributed by atoms with van der Waals surface area (Å²) in [6.07, 6.45) is 6.94. The number of rotatable bonds is 7. The topological polar surface area (TPSA) is 42.3 Å². The maximum Gasteiger partial charge on any atom is 0.262 e. The lowest BCUT2D eigenvalue weighted by Gasteiger charge is -2.27. The molecular formula is C27H32N2O2. The van der Waals surface area contributed by atoms with Crippen LogP contribution < -0.4 is 0 Å². The van der Waals surface area contributed by atoms with E-state index in [1.165, 1.54) is 24.8 Å². The van der Waals surface area contributed by atoms with Crippen molar-refractivity contribution in [1.82, 2.24) is 9.47 Å². The van der Waals surface area contributed by atoms with E-state index in [9.17, 15) is 9.59 Å². The number of hydrogen-bond acceptors (Lipinski definition) is 2. The van der Waals surface area contributed by atoms with Crippen LogP contribution >= 0.6 is 0 Å². The van der Waals surface area contributed by atoms with E-state index in [4.69, 9.17) is 0 Å². The zero-order chi connectivity index (χ0) is 21.8. The van der Waals surface area contributed by atoms with E-state index in [1.807, 2.05) is 65.0 Å². The molecule has 4 nitrogen and oxygen atoms in total. The van der Waals surface area contributed by atoms with Crippen LogP contribution in [0.25, 0.3) is 10.9 Å². The zero-order valence-electron chi connectivity index (χ0n) is 18.6. The van der Waals surface area contributed by atoms with Gasteiger partial charge in [0.05, 0.1) is 5.52 Å². The van der Waals surface area contributed by atoms with Crippen molar-refractivity contribution in [2.75, 3.05) is 13.6 Å². The van der Waals surface area contributed by atoms with Gasteiger partial charge in [0.2, 0.25) is 5.91 Å². The Labute approximate surface area is 184 Å². The summed E-state index contributed by atoms with van der Waals surface area (Å²) in [4.78, 5) is 28.4. The van der Waals surface area contributed by atoms with Gasteiger partial charge >= 0.3 is 0 Å². The van der Waals surface area contributed by atoms with Gasteiger partial charge in [-0.3, -0.25) is 14.2 Å². The molecule has 162 valence electrons. The fourth-order valence-electron chi connectivity index (χ4n) is 4.86. The number of carbonyl (C=O) groups is 2. The first kappa shape index (κ1) is 21.4. The molecule has 4 rings (SSSR count). The molecule has 1 heterocycles. The lowest BCUT2D eigenvalue weighted by Crippen LogP contribution is -2.36. The monoisotopic (exact) mass is 416 g/mol. The standard InChI is InChI=1S/C27H32N2O2/c1-3-4-5-11-18-28(2)26(30)21-16-17-25-23(19-21)22-14-9-10-15-24(22)29(25)27(31)20-12-7-6-8-13-20/h6-10,12-15,21H,3-5,11,16-19H2,1-2H3. The van der Waals surface area contributed by atoms with Gasteiger partial charge in [-0.05, 0) is 49.4 Å². The molecule has 3 aromatic rings. The number of fused-ring (bicyclic) bond motifs is 3. The molecule has 1 atom stereocenters. The zero-order valence-corrected chi connectivity index (χ0v) is 18.6. The third-order valence-electron chi connectivity index (χ3n) is 6.56. The fraction of sp³-hybridized carbons (Fsp3) is 0.407. The molecule has 0 N–H and O–H groups in total. The van der Waals surface area contributed by atoms with Crippen molar-refractivity contribution in [1.29, 1.82) is 0 Å². The van der Waals surface area contributed by atoms with E-state index >= 15 is 0 Å². The summed E-state index contributed by atoms with van der Waals surface area (Å²) in [6.45, 7) is 3.03. The van der Waals surface area contributed by atoms with E-state index in [1.54, 1.807) is 0 Å². The van der Waals surface area contributed by atoms with Crippen molar-refractivity contribution in [3.05, 3.63) is 71.4 Å². The Bertz CT molecular complexity index is 1070. The van der Waals surface area contributed by atoms with E-state index in [-0.39, 0.29) is 17.7 Å². The summed E-state index contributed by atoms with van der Waals surface area (Å²) in [6, 6.07) is 17.6. The normalized spacial score (nSPS) is 15.6. The van der Waals surface area contributed by atoms with Crippen LogP contribution in [0.3, 0.4) is 0 Å². The van der Waals surface area contributed by atoms with Gasteiger partial charge in [-0.2, -0.15) is 0 Å². The second-order valence-electron chi connectivity index (χ2n) is 8.71. The number of nitrogens with zero attached hydrogens (tertiary/aromatic N) is 2. The number of para-hydroxylation sites is 1. The van der Waals surface area contributed by atoms with Crippen molar-refractivity contribution >= 4 is 22.7 Å². The highest BCUT2D eigenvalue weighted by Crippen LogP contribution is 2.35. The second-order valence-corrected chi connectivity index (χ2v) is 8.71. The SMILES string of the molecule is CCCCCCN(C)C(=O)C1CCc2c(c3ccccc3n2C(=O)c2ccccc2)C1. The highest BCUT2D eigenvalue weighted by molar-refractivity contribution is 6.04. The molecule has 1 aromatic heterocycles. The molecule has 2 aromatic carbocycles. The van der Waals surface area contributed by atoms with Gasteiger partial charge in [0.15, 0.2) is 0 Å². The minimum atomic E-state index is -0.00485.